The summed E-state index contributed by atoms with van der Waals surface area (Å²) in [5, 5.41) is 3.69. The highest BCUT2D eigenvalue weighted by Crippen LogP contribution is 2.37. The SMILES string of the molecule is CCNC(c1ccc(C2CCC2)cc1)C1CCOCC1. The summed E-state index contributed by atoms with van der Waals surface area (Å²) in [4.78, 5) is 0. The van der Waals surface area contributed by atoms with Crippen molar-refractivity contribution in [2.24, 2.45) is 5.92 Å². The summed E-state index contributed by atoms with van der Waals surface area (Å²) < 4.78 is 5.51. The lowest BCUT2D eigenvalue weighted by atomic mass is 9.79. The molecule has 1 saturated carbocycles. The Morgan fingerprint density at radius 2 is 1.80 bits per heavy atom. The largest absolute Gasteiger partial charge is 0.381 e. The van der Waals surface area contributed by atoms with Gasteiger partial charge >= 0.3 is 0 Å². The van der Waals surface area contributed by atoms with E-state index < -0.39 is 0 Å². The zero-order valence-corrected chi connectivity index (χ0v) is 12.6. The number of benzene rings is 1. The van der Waals surface area contributed by atoms with Gasteiger partial charge in [-0.05, 0) is 55.2 Å². The van der Waals surface area contributed by atoms with E-state index in [1.807, 2.05) is 0 Å². The summed E-state index contributed by atoms with van der Waals surface area (Å²) in [5.74, 6) is 1.56. The molecule has 0 aromatic heterocycles. The molecule has 0 bridgehead atoms. The third-order valence-electron chi connectivity index (χ3n) is 5.03. The Labute approximate surface area is 122 Å². The van der Waals surface area contributed by atoms with Crippen LogP contribution in [0.5, 0.6) is 0 Å². The molecular weight excluding hydrogens is 246 g/mol. The van der Waals surface area contributed by atoms with Gasteiger partial charge in [0.2, 0.25) is 0 Å². The van der Waals surface area contributed by atoms with Crippen LogP contribution in [0.1, 0.15) is 62.1 Å². The Morgan fingerprint density at radius 1 is 1.10 bits per heavy atom. The van der Waals surface area contributed by atoms with Crippen molar-refractivity contribution in [3.63, 3.8) is 0 Å². The number of ether oxygens (including phenoxy) is 1. The van der Waals surface area contributed by atoms with Crippen molar-refractivity contribution in [3.8, 4) is 0 Å². The van der Waals surface area contributed by atoms with Crippen LogP contribution in [0.4, 0.5) is 0 Å². The highest BCUT2D eigenvalue weighted by atomic mass is 16.5. The van der Waals surface area contributed by atoms with Crippen LogP contribution >= 0.6 is 0 Å². The van der Waals surface area contributed by atoms with Gasteiger partial charge in [-0.3, -0.25) is 0 Å². The summed E-state index contributed by atoms with van der Waals surface area (Å²) in [6.45, 7) is 5.08. The first-order chi connectivity index (χ1) is 9.88. The molecule has 1 heterocycles. The van der Waals surface area contributed by atoms with Crippen LogP contribution < -0.4 is 5.32 Å². The predicted octanol–water partition coefficient (Wildman–Crippen LogP) is 4.03. The van der Waals surface area contributed by atoms with Gasteiger partial charge in [0.25, 0.3) is 0 Å². The van der Waals surface area contributed by atoms with Crippen LogP contribution in [-0.4, -0.2) is 19.8 Å². The second kappa shape index (κ2) is 6.73. The van der Waals surface area contributed by atoms with E-state index in [9.17, 15) is 0 Å². The van der Waals surface area contributed by atoms with Crippen molar-refractivity contribution in [1.82, 2.24) is 5.32 Å². The zero-order chi connectivity index (χ0) is 13.8. The van der Waals surface area contributed by atoms with Crippen molar-refractivity contribution >= 4 is 0 Å². The van der Waals surface area contributed by atoms with E-state index in [-0.39, 0.29) is 0 Å². The van der Waals surface area contributed by atoms with Gasteiger partial charge in [-0.15, -0.1) is 0 Å². The van der Waals surface area contributed by atoms with Crippen molar-refractivity contribution < 1.29 is 4.74 Å². The highest BCUT2D eigenvalue weighted by molar-refractivity contribution is 5.29. The third-order valence-corrected chi connectivity index (χ3v) is 5.03. The van der Waals surface area contributed by atoms with Gasteiger partial charge in [-0.1, -0.05) is 37.6 Å². The maximum absolute atomic E-state index is 5.51. The first-order valence-corrected chi connectivity index (χ1v) is 8.29. The van der Waals surface area contributed by atoms with Crippen LogP contribution in [-0.2, 0) is 4.74 Å². The fourth-order valence-corrected chi connectivity index (χ4v) is 3.54. The molecule has 3 rings (SSSR count). The molecular formula is C18H27NO. The molecule has 1 aromatic carbocycles. The molecule has 2 aliphatic rings. The lowest BCUT2D eigenvalue weighted by Crippen LogP contribution is -2.32. The quantitative estimate of drug-likeness (QED) is 0.874. The van der Waals surface area contributed by atoms with E-state index in [1.165, 1.54) is 37.7 Å². The van der Waals surface area contributed by atoms with Crippen LogP contribution in [0.15, 0.2) is 24.3 Å². The Hall–Kier alpha value is -0.860. The summed E-state index contributed by atoms with van der Waals surface area (Å²) in [5.41, 5.74) is 3.00. The number of rotatable bonds is 5. The van der Waals surface area contributed by atoms with Crippen LogP contribution in [0.25, 0.3) is 0 Å². The second-order valence-electron chi connectivity index (χ2n) is 6.28. The van der Waals surface area contributed by atoms with Gasteiger partial charge in [-0.2, -0.15) is 0 Å². The number of hydrogen-bond donors (Lipinski definition) is 1. The van der Waals surface area contributed by atoms with Crippen LogP contribution in [0.3, 0.4) is 0 Å². The van der Waals surface area contributed by atoms with Gasteiger partial charge in [0, 0.05) is 19.3 Å². The molecule has 2 fully saturated rings. The Balaban J connectivity index is 1.72. The standard InChI is InChI=1S/C18H27NO/c1-2-19-18(17-10-12-20-13-11-17)16-8-6-15(7-9-16)14-4-3-5-14/h6-9,14,17-19H,2-5,10-13H2,1H3. The monoisotopic (exact) mass is 273 g/mol. The lowest BCUT2D eigenvalue weighted by Gasteiger charge is -2.32. The van der Waals surface area contributed by atoms with Gasteiger partial charge < -0.3 is 10.1 Å². The van der Waals surface area contributed by atoms with E-state index in [4.69, 9.17) is 4.74 Å². The zero-order valence-electron chi connectivity index (χ0n) is 12.6. The first kappa shape index (κ1) is 14.1. The van der Waals surface area contributed by atoms with Crippen molar-refractivity contribution in [1.29, 1.82) is 0 Å². The van der Waals surface area contributed by atoms with Crippen molar-refractivity contribution in [2.45, 2.75) is 51.0 Å². The minimum Gasteiger partial charge on any atom is -0.381 e. The maximum atomic E-state index is 5.51. The molecule has 0 radical (unpaired) electrons. The summed E-state index contributed by atoms with van der Waals surface area (Å²) >= 11 is 0. The molecule has 0 amide bonds. The van der Waals surface area contributed by atoms with Crippen LogP contribution in [0, 0.1) is 5.92 Å². The smallest absolute Gasteiger partial charge is 0.0469 e. The number of nitrogens with one attached hydrogen (secondary N) is 1. The van der Waals surface area contributed by atoms with Crippen molar-refractivity contribution in [3.05, 3.63) is 35.4 Å². The molecule has 20 heavy (non-hydrogen) atoms. The summed E-state index contributed by atoms with van der Waals surface area (Å²) in [7, 11) is 0. The summed E-state index contributed by atoms with van der Waals surface area (Å²) in [6, 6.07) is 9.94. The second-order valence-corrected chi connectivity index (χ2v) is 6.28. The Morgan fingerprint density at radius 3 is 2.35 bits per heavy atom. The van der Waals surface area contributed by atoms with E-state index >= 15 is 0 Å². The average Bonchev–Trinajstić information content (AvgIpc) is 2.45. The average molecular weight is 273 g/mol. The molecule has 1 atom stereocenters. The van der Waals surface area contributed by atoms with Gasteiger partial charge in [0.15, 0.2) is 0 Å². The minimum absolute atomic E-state index is 0.499. The topological polar surface area (TPSA) is 21.3 Å². The maximum Gasteiger partial charge on any atom is 0.0469 e. The first-order valence-electron chi connectivity index (χ1n) is 8.29. The Bertz CT molecular complexity index is 404. The minimum atomic E-state index is 0.499. The normalized spacial score (nSPS) is 22.4. The highest BCUT2D eigenvalue weighted by Gasteiger charge is 2.25. The molecule has 1 aliphatic carbocycles. The molecule has 2 heteroatoms. The molecule has 1 aliphatic heterocycles. The summed E-state index contributed by atoms with van der Waals surface area (Å²) in [6.07, 6.45) is 6.55. The van der Waals surface area contributed by atoms with Crippen molar-refractivity contribution in [2.75, 3.05) is 19.8 Å². The molecule has 1 N–H and O–H groups in total. The van der Waals surface area contributed by atoms with Crippen LogP contribution in [0.2, 0.25) is 0 Å². The van der Waals surface area contributed by atoms with Gasteiger partial charge in [0.05, 0.1) is 0 Å². The van der Waals surface area contributed by atoms with E-state index in [2.05, 4.69) is 36.5 Å². The fraction of sp³-hybridized carbons (Fsp3) is 0.667. The molecule has 0 spiro atoms. The molecule has 1 aromatic rings. The van der Waals surface area contributed by atoms with E-state index in [0.29, 0.717) is 6.04 Å². The lowest BCUT2D eigenvalue weighted by molar-refractivity contribution is 0.0538. The van der Waals surface area contributed by atoms with Gasteiger partial charge in [-0.25, -0.2) is 0 Å². The van der Waals surface area contributed by atoms with Gasteiger partial charge in [0.1, 0.15) is 0 Å². The van der Waals surface area contributed by atoms with E-state index in [0.717, 1.165) is 31.6 Å². The fourth-order valence-electron chi connectivity index (χ4n) is 3.54. The molecule has 1 saturated heterocycles. The molecule has 2 nitrogen and oxygen atoms in total. The molecule has 110 valence electrons. The third kappa shape index (κ3) is 3.07. The Kier molecular flexibility index (Phi) is 4.74. The van der Waals surface area contributed by atoms with E-state index in [1.54, 1.807) is 5.56 Å². The number of hydrogen-bond acceptors (Lipinski definition) is 2. The molecule has 1 unspecified atom stereocenters. The predicted molar refractivity (Wildman–Crippen MR) is 83.0 cm³/mol.